The van der Waals surface area contributed by atoms with Gasteiger partial charge in [0.25, 0.3) is 7.82 Å². The van der Waals surface area contributed by atoms with Crippen molar-refractivity contribution in [1.82, 2.24) is 5.32 Å². The molecule has 0 aliphatic heterocycles. The summed E-state index contributed by atoms with van der Waals surface area (Å²) in [7, 11) is 1.11. The Kier molecular flexibility index (Phi) is 55.2. The van der Waals surface area contributed by atoms with Gasteiger partial charge in [0, 0.05) is 6.42 Å². The zero-order chi connectivity index (χ0) is 56.4. The minimum Gasteiger partial charge on any atom is -0.756 e. The smallest absolute Gasteiger partial charge is 0.268 e. The highest BCUT2D eigenvalue weighted by Gasteiger charge is 2.29. The molecule has 0 radical (unpaired) electrons. The number of phosphoric acid groups is 1. The van der Waals surface area contributed by atoms with Gasteiger partial charge < -0.3 is 34.0 Å². The monoisotopic (exact) mass is 1100 g/mol. The van der Waals surface area contributed by atoms with Crippen LogP contribution in [0.4, 0.5) is 0 Å². The zero-order valence-electron chi connectivity index (χ0n) is 50.8. The van der Waals surface area contributed by atoms with Gasteiger partial charge >= 0.3 is 0 Å². The second-order valence-electron chi connectivity index (χ2n) is 22.9. The molecule has 4 atom stereocenters. The topological polar surface area (TPSA) is 128 Å². The molecule has 0 aromatic rings. The van der Waals surface area contributed by atoms with E-state index in [0.29, 0.717) is 30.3 Å². The fourth-order valence-electron chi connectivity index (χ4n) is 9.20. The van der Waals surface area contributed by atoms with Crippen molar-refractivity contribution < 1.29 is 38.0 Å². The van der Waals surface area contributed by atoms with Crippen molar-refractivity contribution in [2.45, 2.75) is 295 Å². The van der Waals surface area contributed by atoms with Gasteiger partial charge in [0.15, 0.2) is 0 Å². The van der Waals surface area contributed by atoms with Crippen molar-refractivity contribution in [3.63, 3.8) is 0 Å². The first-order valence-electron chi connectivity index (χ1n) is 32.0. The number of phosphoric ester groups is 1. The van der Waals surface area contributed by atoms with E-state index in [9.17, 15) is 24.5 Å². The lowest BCUT2D eigenvalue weighted by Crippen LogP contribution is -2.51. The Morgan fingerprint density at radius 2 is 0.818 bits per heavy atom. The number of quaternary nitrogens is 1. The molecule has 9 nitrogen and oxygen atoms in total. The lowest BCUT2D eigenvalue weighted by atomic mass is 10.0. The lowest BCUT2D eigenvalue weighted by molar-refractivity contribution is -0.870. The second kappa shape index (κ2) is 56.9. The van der Waals surface area contributed by atoms with Crippen LogP contribution in [0.1, 0.15) is 277 Å². The van der Waals surface area contributed by atoms with Gasteiger partial charge in [-0.2, -0.15) is 0 Å². The Morgan fingerprint density at radius 3 is 1.21 bits per heavy atom. The number of aliphatic hydroxyl groups is 2. The maximum atomic E-state index is 13.0. The molecule has 0 aromatic carbocycles. The van der Waals surface area contributed by atoms with E-state index >= 15 is 0 Å². The number of nitrogens with zero attached hydrogens (tertiary/aromatic N) is 1. The molecule has 0 saturated carbocycles. The Hall–Kier alpha value is -2.36. The number of rotatable bonds is 58. The average molecular weight is 1100 g/mol. The number of unbranched alkanes of at least 4 members (excludes halogenated alkanes) is 30. The third-order valence-corrected chi connectivity index (χ3v) is 15.2. The van der Waals surface area contributed by atoms with Crippen LogP contribution in [0, 0.1) is 0 Å². The minimum absolute atomic E-state index is 0.0466. The van der Waals surface area contributed by atoms with Crippen molar-refractivity contribution in [1.29, 1.82) is 0 Å². The first kappa shape index (κ1) is 74.6. The van der Waals surface area contributed by atoms with E-state index in [-0.39, 0.29) is 18.9 Å². The predicted octanol–water partition coefficient (Wildman–Crippen LogP) is 18.3. The Labute approximate surface area is 476 Å². The first-order valence-corrected chi connectivity index (χ1v) is 33.5. The van der Waals surface area contributed by atoms with E-state index < -0.39 is 32.7 Å². The van der Waals surface area contributed by atoms with Crippen molar-refractivity contribution in [3.05, 3.63) is 85.1 Å². The summed E-state index contributed by atoms with van der Waals surface area (Å²) < 4.78 is 23.3. The number of hydrogen-bond acceptors (Lipinski definition) is 7. The van der Waals surface area contributed by atoms with E-state index in [2.05, 4.69) is 104 Å². The summed E-state index contributed by atoms with van der Waals surface area (Å²) in [5.74, 6) is -0.287. The molecule has 0 bridgehead atoms. The second-order valence-corrected chi connectivity index (χ2v) is 24.3. The van der Waals surface area contributed by atoms with Gasteiger partial charge in [0.2, 0.25) is 5.91 Å². The zero-order valence-corrected chi connectivity index (χ0v) is 51.7. The highest BCUT2D eigenvalue weighted by molar-refractivity contribution is 7.45. The van der Waals surface area contributed by atoms with Gasteiger partial charge in [-0.25, -0.2) is 0 Å². The van der Waals surface area contributed by atoms with Crippen molar-refractivity contribution in [2.75, 3.05) is 40.9 Å². The van der Waals surface area contributed by atoms with Crippen LogP contribution >= 0.6 is 7.82 Å². The van der Waals surface area contributed by atoms with Crippen LogP contribution in [0.25, 0.3) is 0 Å². The third-order valence-electron chi connectivity index (χ3n) is 14.2. The Balaban J connectivity index is 3.95. The van der Waals surface area contributed by atoms with Crippen LogP contribution in [0.2, 0.25) is 0 Å². The number of carbonyl (C=O) groups excluding carboxylic acids is 1. The molecule has 0 fully saturated rings. The van der Waals surface area contributed by atoms with E-state index in [0.717, 1.165) is 70.6 Å². The van der Waals surface area contributed by atoms with Crippen LogP contribution < -0.4 is 10.2 Å². The molecule has 4 unspecified atom stereocenters. The highest BCUT2D eigenvalue weighted by Crippen LogP contribution is 2.38. The maximum Gasteiger partial charge on any atom is 0.268 e. The van der Waals surface area contributed by atoms with Crippen LogP contribution in [0.3, 0.4) is 0 Å². The predicted molar refractivity (Wildman–Crippen MR) is 331 cm³/mol. The minimum atomic E-state index is -4.68. The SMILES string of the molecule is CC/C=C\C/C=C\C/C=C\C/C=C\C/C=C\C/C=C\CCCCCCCCCCCCCCCCCCCCCCCCC(=O)NC(COP(=O)([O-])OCC[N+](C)(C)C)C(O)C(O)CCC/C=C/CCCCCCCCC. The van der Waals surface area contributed by atoms with Gasteiger partial charge in [-0.05, 0) is 89.9 Å². The summed E-state index contributed by atoms with van der Waals surface area (Å²) in [6, 6.07) is -1.09. The highest BCUT2D eigenvalue weighted by atomic mass is 31.2. The average Bonchev–Trinajstić information content (AvgIpc) is 3.39. The van der Waals surface area contributed by atoms with E-state index in [4.69, 9.17) is 9.05 Å². The Morgan fingerprint density at radius 1 is 0.481 bits per heavy atom. The summed E-state index contributed by atoms with van der Waals surface area (Å²) >= 11 is 0. The molecule has 77 heavy (non-hydrogen) atoms. The largest absolute Gasteiger partial charge is 0.756 e. The molecule has 0 saturated heterocycles. The summed E-state index contributed by atoms with van der Waals surface area (Å²) in [4.78, 5) is 25.6. The van der Waals surface area contributed by atoms with Gasteiger partial charge in [-0.1, -0.05) is 266 Å². The number of nitrogens with one attached hydrogen (secondary N) is 1. The molecule has 448 valence electrons. The van der Waals surface area contributed by atoms with Gasteiger partial charge in [0.1, 0.15) is 19.3 Å². The van der Waals surface area contributed by atoms with Crippen LogP contribution in [0.5, 0.6) is 0 Å². The maximum absolute atomic E-state index is 13.0. The summed E-state index contributed by atoms with van der Waals surface area (Å²) in [6.45, 7) is 4.31. The normalized spacial score (nSPS) is 14.8. The first-order chi connectivity index (χ1) is 37.4. The van der Waals surface area contributed by atoms with Crippen LogP contribution in [0.15, 0.2) is 85.1 Å². The summed E-state index contributed by atoms with van der Waals surface area (Å²) in [5, 5.41) is 24.7. The number of carbonyl (C=O) groups is 1. The molecule has 0 aliphatic rings. The fraction of sp³-hybridized carbons (Fsp3) is 0.776. The van der Waals surface area contributed by atoms with Crippen molar-refractivity contribution >= 4 is 13.7 Å². The molecule has 0 aromatic heterocycles. The summed E-state index contributed by atoms with van der Waals surface area (Å²) in [6.07, 6.45) is 76.9. The molecule has 0 aliphatic carbocycles. The van der Waals surface area contributed by atoms with E-state index in [1.54, 1.807) is 0 Å². The molecule has 0 rings (SSSR count). The van der Waals surface area contributed by atoms with Gasteiger partial charge in [-0.3, -0.25) is 9.36 Å². The number of likely N-dealkylation sites (N-methyl/N-ethyl adjacent to an activating group) is 1. The molecule has 0 heterocycles. The number of allylic oxidation sites excluding steroid dienone is 14. The van der Waals surface area contributed by atoms with Crippen molar-refractivity contribution in [3.8, 4) is 0 Å². The van der Waals surface area contributed by atoms with Crippen LogP contribution in [-0.4, -0.2) is 79.8 Å². The van der Waals surface area contributed by atoms with Crippen LogP contribution in [-0.2, 0) is 18.4 Å². The Bertz CT molecular complexity index is 1550. The van der Waals surface area contributed by atoms with E-state index in [1.807, 2.05) is 21.1 Å². The lowest BCUT2D eigenvalue weighted by Gasteiger charge is -2.31. The molecular weight excluding hydrogens is 976 g/mol. The molecule has 0 spiro atoms. The third kappa shape index (κ3) is 58.1. The van der Waals surface area contributed by atoms with E-state index in [1.165, 1.54) is 167 Å². The number of amides is 1. The quantitative estimate of drug-likeness (QED) is 0.0239. The standard InChI is InChI=1S/C67H123N2O7P/c1-6-8-10-12-14-16-18-20-21-22-23-24-25-26-27-28-29-30-31-32-33-34-35-36-37-38-39-40-41-42-43-44-45-46-47-48-50-52-54-56-58-60-66(71)68-64(63-76-77(73,74)75-62-61-69(3,4)5)67(72)65(70)59-57-55-53-51-49-19-17-15-13-11-9-7-2/h8,10,14,16,20-21,23-24,26-27,29-30,51,53,64-65,67,70,72H,6-7,9,11-13,15,17-19,22,25,28,31-50,52,54-63H2,1-5H3,(H-,68,71,73,74)/b10-8-,16-14-,21-20-,24-23-,27-26-,30-29-,53-51+. The molecule has 1 amide bonds. The number of hydrogen-bond donors (Lipinski definition) is 3. The molecule has 10 heteroatoms. The molecule has 3 N–H and O–H groups in total. The molecular formula is C67H123N2O7P. The number of aliphatic hydroxyl groups excluding tert-OH is 2. The van der Waals surface area contributed by atoms with Gasteiger partial charge in [0.05, 0.1) is 39.9 Å². The fourth-order valence-corrected chi connectivity index (χ4v) is 9.92. The summed E-state index contributed by atoms with van der Waals surface area (Å²) in [5.41, 5.74) is 0. The van der Waals surface area contributed by atoms with Gasteiger partial charge in [-0.15, -0.1) is 0 Å². The van der Waals surface area contributed by atoms with Crippen molar-refractivity contribution in [2.24, 2.45) is 0 Å².